The van der Waals surface area contributed by atoms with Crippen molar-refractivity contribution in [1.29, 1.82) is 0 Å². The van der Waals surface area contributed by atoms with Gasteiger partial charge in [-0.05, 0) is 62.2 Å². The number of rotatable bonds is 2. The van der Waals surface area contributed by atoms with E-state index >= 15 is 0 Å². The summed E-state index contributed by atoms with van der Waals surface area (Å²) in [5, 5.41) is 10.5. The molecule has 0 amide bonds. The highest BCUT2D eigenvalue weighted by Gasteiger charge is 2.96. The minimum atomic E-state index is -0.275. The first-order valence-electron chi connectivity index (χ1n) is 6.78. The number of ketones is 1. The van der Waals surface area contributed by atoms with Gasteiger partial charge in [0.1, 0.15) is 5.78 Å². The Labute approximate surface area is 95.4 Å². The van der Waals surface area contributed by atoms with Gasteiger partial charge < -0.3 is 5.11 Å². The molecule has 1 N–H and O–H groups in total. The van der Waals surface area contributed by atoms with E-state index in [2.05, 4.69) is 0 Å². The van der Waals surface area contributed by atoms with Crippen LogP contribution >= 0.6 is 0 Å². The molecule has 0 radical (unpaired) electrons. The van der Waals surface area contributed by atoms with Gasteiger partial charge in [0.05, 0.1) is 5.60 Å². The lowest BCUT2D eigenvalue weighted by molar-refractivity contribution is -0.500. The SMILES string of the molecule is CC(=O)C1CC1C12CC3CC4CC(O)(C1)C432. The molecule has 5 rings (SSSR count). The van der Waals surface area contributed by atoms with Gasteiger partial charge in [0, 0.05) is 11.3 Å². The first kappa shape index (κ1) is 8.68. The van der Waals surface area contributed by atoms with Gasteiger partial charge in [0.25, 0.3) is 0 Å². The third-order valence-electron chi connectivity index (χ3n) is 7.28. The molecule has 5 aliphatic carbocycles. The summed E-state index contributed by atoms with van der Waals surface area (Å²) >= 11 is 0. The first-order chi connectivity index (χ1) is 7.55. The van der Waals surface area contributed by atoms with Crippen LogP contribution in [0.1, 0.15) is 39.0 Å². The van der Waals surface area contributed by atoms with Crippen LogP contribution in [0.15, 0.2) is 0 Å². The van der Waals surface area contributed by atoms with Gasteiger partial charge in [-0.2, -0.15) is 0 Å². The highest BCUT2D eigenvalue weighted by Crippen LogP contribution is 2.97. The van der Waals surface area contributed by atoms with E-state index in [-0.39, 0.29) is 5.60 Å². The highest BCUT2D eigenvalue weighted by molar-refractivity contribution is 5.81. The Morgan fingerprint density at radius 3 is 2.50 bits per heavy atom. The van der Waals surface area contributed by atoms with Crippen molar-refractivity contribution in [3.05, 3.63) is 0 Å². The van der Waals surface area contributed by atoms with Crippen LogP contribution in [0.4, 0.5) is 0 Å². The monoisotopic (exact) mass is 218 g/mol. The lowest BCUT2D eigenvalue weighted by Gasteiger charge is -2.94. The molecule has 5 saturated carbocycles. The summed E-state index contributed by atoms with van der Waals surface area (Å²) in [6.45, 7) is 1.75. The molecule has 0 aromatic carbocycles. The fourth-order valence-corrected chi connectivity index (χ4v) is 7.03. The standard InChI is InChI=1S/C14H18O2/c1-7(15)10-3-11(10)12-4-8-2-9-5-13(16,6-12)14(8,9)12/h8-11,16H,2-6H2,1H3. The molecule has 2 nitrogen and oxygen atoms in total. The molecule has 2 heteroatoms. The molecule has 0 aromatic rings. The van der Waals surface area contributed by atoms with Crippen molar-refractivity contribution >= 4 is 5.78 Å². The van der Waals surface area contributed by atoms with Crippen LogP contribution in [0.2, 0.25) is 0 Å². The fourth-order valence-electron chi connectivity index (χ4n) is 7.03. The maximum absolute atomic E-state index is 11.4. The van der Waals surface area contributed by atoms with Gasteiger partial charge in [-0.1, -0.05) is 0 Å². The third kappa shape index (κ3) is 0.505. The van der Waals surface area contributed by atoms with Gasteiger partial charge in [-0.3, -0.25) is 4.79 Å². The Hall–Kier alpha value is -0.370. The number of hydrogen-bond donors (Lipinski definition) is 1. The zero-order valence-electron chi connectivity index (χ0n) is 9.70. The Bertz CT molecular complexity index is 438. The second-order valence-corrected chi connectivity index (χ2v) is 7.33. The molecule has 16 heavy (non-hydrogen) atoms. The predicted molar refractivity (Wildman–Crippen MR) is 57.5 cm³/mol. The minimum Gasteiger partial charge on any atom is -0.389 e. The lowest BCUT2D eigenvalue weighted by atomic mass is 9.11. The number of hydrogen-bond acceptors (Lipinski definition) is 2. The molecule has 86 valence electrons. The summed E-state index contributed by atoms with van der Waals surface area (Å²) in [4.78, 5) is 11.4. The van der Waals surface area contributed by atoms with Gasteiger partial charge >= 0.3 is 0 Å². The summed E-state index contributed by atoms with van der Waals surface area (Å²) in [5.41, 5.74) is 0.502. The van der Waals surface area contributed by atoms with E-state index in [1.807, 2.05) is 0 Å². The van der Waals surface area contributed by atoms with Crippen LogP contribution in [0, 0.1) is 34.5 Å². The average Bonchev–Trinajstić information content (AvgIpc) is 2.86. The van der Waals surface area contributed by atoms with Crippen molar-refractivity contribution in [3.8, 4) is 0 Å². The largest absolute Gasteiger partial charge is 0.389 e. The van der Waals surface area contributed by atoms with Crippen LogP contribution in [-0.4, -0.2) is 16.5 Å². The predicted octanol–water partition coefficient (Wildman–Crippen LogP) is 1.76. The molecule has 1 spiro atoms. The first-order valence-corrected chi connectivity index (χ1v) is 6.78. The van der Waals surface area contributed by atoms with E-state index < -0.39 is 0 Å². The van der Waals surface area contributed by atoms with Crippen molar-refractivity contribution in [2.45, 2.75) is 44.6 Å². The van der Waals surface area contributed by atoms with E-state index in [9.17, 15) is 9.90 Å². The highest BCUT2D eigenvalue weighted by atomic mass is 16.3. The van der Waals surface area contributed by atoms with E-state index in [0.29, 0.717) is 28.4 Å². The molecule has 5 aliphatic rings. The Kier molecular flexibility index (Phi) is 1.04. The molecule has 0 aromatic heterocycles. The van der Waals surface area contributed by atoms with Crippen LogP contribution in [0.3, 0.4) is 0 Å². The van der Waals surface area contributed by atoms with Crippen molar-refractivity contribution in [2.75, 3.05) is 0 Å². The minimum absolute atomic E-state index is 0.275. The molecule has 7 atom stereocenters. The van der Waals surface area contributed by atoms with Crippen molar-refractivity contribution in [1.82, 2.24) is 0 Å². The van der Waals surface area contributed by atoms with Crippen LogP contribution < -0.4 is 0 Å². The molecular formula is C14H18O2. The van der Waals surface area contributed by atoms with E-state index in [1.54, 1.807) is 6.92 Å². The summed E-state index contributed by atoms with van der Waals surface area (Å²) in [6, 6.07) is 0. The van der Waals surface area contributed by atoms with Crippen molar-refractivity contribution in [2.24, 2.45) is 34.5 Å². The van der Waals surface area contributed by atoms with Crippen molar-refractivity contribution in [3.63, 3.8) is 0 Å². The Morgan fingerprint density at radius 1 is 1.25 bits per heavy atom. The van der Waals surface area contributed by atoms with Crippen LogP contribution in [-0.2, 0) is 4.79 Å². The van der Waals surface area contributed by atoms with Crippen LogP contribution in [0.5, 0.6) is 0 Å². The summed E-state index contributed by atoms with van der Waals surface area (Å²) in [6.07, 6.45) is 5.94. The second kappa shape index (κ2) is 1.92. The summed E-state index contributed by atoms with van der Waals surface area (Å²) in [5.74, 6) is 3.08. The van der Waals surface area contributed by atoms with Gasteiger partial charge in [-0.25, -0.2) is 0 Å². The Morgan fingerprint density at radius 2 is 2.00 bits per heavy atom. The van der Waals surface area contributed by atoms with Gasteiger partial charge in [0.15, 0.2) is 0 Å². The zero-order valence-corrected chi connectivity index (χ0v) is 9.70. The van der Waals surface area contributed by atoms with Crippen molar-refractivity contribution < 1.29 is 9.90 Å². The lowest BCUT2D eigenvalue weighted by Crippen LogP contribution is -2.94. The third-order valence-corrected chi connectivity index (χ3v) is 7.28. The van der Waals surface area contributed by atoms with E-state index in [1.165, 1.54) is 12.8 Å². The average molecular weight is 218 g/mol. The molecule has 0 bridgehead atoms. The quantitative estimate of drug-likeness (QED) is 0.767. The maximum Gasteiger partial charge on any atom is 0.133 e. The molecule has 5 fully saturated rings. The summed E-state index contributed by atoms with van der Waals surface area (Å²) in [7, 11) is 0. The molecule has 7 unspecified atom stereocenters. The van der Waals surface area contributed by atoms with E-state index in [4.69, 9.17) is 0 Å². The molecule has 0 saturated heterocycles. The smallest absolute Gasteiger partial charge is 0.133 e. The maximum atomic E-state index is 11.4. The molecule has 0 heterocycles. The topological polar surface area (TPSA) is 37.3 Å². The second-order valence-electron chi connectivity index (χ2n) is 7.33. The number of aliphatic hydroxyl groups is 1. The normalized spacial score (nSPS) is 72.1. The number of Topliss-reactive ketones (excluding diaryl/α,β-unsaturated/α-hetero) is 1. The molecular weight excluding hydrogens is 200 g/mol. The summed E-state index contributed by atoms with van der Waals surface area (Å²) < 4.78 is 0. The molecule has 0 aliphatic heterocycles. The van der Waals surface area contributed by atoms with Crippen LogP contribution in [0.25, 0.3) is 0 Å². The number of carbonyl (C=O) groups excluding carboxylic acids is 1. The fraction of sp³-hybridized carbons (Fsp3) is 0.929. The van der Waals surface area contributed by atoms with E-state index in [0.717, 1.165) is 31.1 Å². The number of carbonyl (C=O) groups is 1. The zero-order chi connectivity index (χ0) is 10.9. The van der Waals surface area contributed by atoms with Gasteiger partial charge in [-0.15, -0.1) is 0 Å². The van der Waals surface area contributed by atoms with Gasteiger partial charge in [0.2, 0.25) is 0 Å². The Balaban J connectivity index is 1.52.